The van der Waals surface area contributed by atoms with E-state index in [0.29, 0.717) is 24.4 Å². The van der Waals surface area contributed by atoms with Gasteiger partial charge in [-0.1, -0.05) is 0 Å². The molecule has 3 N–H and O–H groups in total. The van der Waals surface area contributed by atoms with Crippen LogP contribution in [0.25, 0.3) is 0 Å². The van der Waals surface area contributed by atoms with E-state index < -0.39 is 5.82 Å². The van der Waals surface area contributed by atoms with Gasteiger partial charge in [0.1, 0.15) is 12.1 Å². The summed E-state index contributed by atoms with van der Waals surface area (Å²) >= 11 is 0. The standard InChI is InChI=1S/C12H14FN5O/c1-18-7-16-11(17-18)4-5-15-12(19)8-2-3-9(13)10(14)6-8/h2-3,6-7H,4-5,14H2,1H3,(H,15,19). The predicted molar refractivity (Wildman–Crippen MR) is 67.9 cm³/mol. The van der Waals surface area contributed by atoms with Crippen LogP contribution in [0.15, 0.2) is 24.5 Å². The Labute approximate surface area is 109 Å². The van der Waals surface area contributed by atoms with E-state index in [2.05, 4.69) is 15.4 Å². The van der Waals surface area contributed by atoms with Gasteiger partial charge in [0.15, 0.2) is 5.82 Å². The van der Waals surface area contributed by atoms with Gasteiger partial charge in [-0.2, -0.15) is 5.10 Å². The number of amides is 1. The highest BCUT2D eigenvalue weighted by Gasteiger charge is 2.08. The average Bonchev–Trinajstić information content (AvgIpc) is 2.78. The Bertz CT molecular complexity index is 596. The second-order valence-electron chi connectivity index (χ2n) is 4.08. The van der Waals surface area contributed by atoms with Crippen LogP contribution in [-0.2, 0) is 13.5 Å². The molecule has 0 fully saturated rings. The number of benzene rings is 1. The summed E-state index contributed by atoms with van der Waals surface area (Å²) in [5.41, 5.74) is 5.69. The Kier molecular flexibility index (Phi) is 3.74. The molecular formula is C12H14FN5O. The Morgan fingerprint density at radius 2 is 2.32 bits per heavy atom. The van der Waals surface area contributed by atoms with E-state index in [4.69, 9.17) is 5.73 Å². The fourth-order valence-electron chi connectivity index (χ4n) is 1.57. The molecule has 0 aliphatic heterocycles. The Balaban J connectivity index is 1.89. The SMILES string of the molecule is Cn1cnc(CCNC(=O)c2ccc(F)c(N)c2)n1. The summed E-state index contributed by atoms with van der Waals surface area (Å²) in [5, 5.41) is 6.79. The molecule has 1 aromatic heterocycles. The third-order valence-electron chi connectivity index (χ3n) is 2.54. The maximum absolute atomic E-state index is 13.0. The van der Waals surface area contributed by atoms with Gasteiger partial charge in [0, 0.05) is 25.6 Å². The normalized spacial score (nSPS) is 10.4. The molecule has 0 radical (unpaired) electrons. The van der Waals surface area contributed by atoms with E-state index >= 15 is 0 Å². The molecule has 0 atom stereocenters. The quantitative estimate of drug-likeness (QED) is 0.787. The fourth-order valence-corrected chi connectivity index (χ4v) is 1.57. The highest BCUT2D eigenvalue weighted by molar-refractivity contribution is 5.95. The zero-order chi connectivity index (χ0) is 13.8. The van der Waals surface area contributed by atoms with Crippen molar-refractivity contribution in [3.8, 4) is 0 Å². The number of halogens is 1. The molecule has 0 aliphatic rings. The van der Waals surface area contributed by atoms with Crippen LogP contribution in [0.3, 0.4) is 0 Å². The van der Waals surface area contributed by atoms with Gasteiger partial charge in [0.2, 0.25) is 0 Å². The summed E-state index contributed by atoms with van der Waals surface area (Å²) in [7, 11) is 1.77. The Morgan fingerprint density at radius 3 is 2.95 bits per heavy atom. The average molecular weight is 263 g/mol. The predicted octanol–water partition coefficient (Wildman–Crippen LogP) is 0.509. The van der Waals surface area contributed by atoms with Gasteiger partial charge in [-0.05, 0) is 18.2 Å². The van der Waals surface area contributed by atoms with E-state index in [1.807, 2.05) is 0 Å². The Hall–Kier alpha value is -2.44. The number of aryl methyl sites for hydroxylation is 1. The molecule has 0 unspecified atom stereocenters. The third kappa shape index (κ3) is 3.27. The second-order valence-corrected chi connectivity index (χ2v) is 4.08. The molecule has 0 bridgehead atoms. The molecule has 0 aliphatic carbocycles. The van der Waals surface area contributed by atoms with E-state index in [9.17, 15) is 9.18 Å². The molecule has 1 amide bonds. The second kappa shape index (κ2) is 5.47. The van der Waals surface area contributed by atoms with Crippen molar-refractivity contribution in [2.75, 3.05) is 12.3 Å². The molecule has 19 heavy (non-hydrogen) atoms. The molecule has 0 saturated heterocycles. The number of rotatable bonds is 4. The van der Waals surface area contributed by atoms with Crippen molar-refractivity contribution in [1.82, 2.24) is 20.1 Å². The summed E-state index contributed by atoms with van der Waals surface area (Å²) in [6.45, 7) is 0.403. The van der Waals surface area contributed by atoms with Gasteiger partial charge in [0.25, 0.3) is 5.91 Å². The monoisotopic (exact) mass is 263 g/mol. The Morgan fingerprint density at radius 1 is 1.53 bits per heavy atom. The first-order valence-electron chi connectivity index (χ1n) is 5.74. The number of nitrogen functional groups attached to an aromatic ring is 1. The number of carbonyl (C=O) groups excluding carboxylic acids is 1. The fraction of sp³-hybridized carbons (Fsp3) is 0.250. The first kappa shape index (κ1) is 13.0. The van der Waals surface area contributed by atoms with Crippen molar-refractivity contribution in [2.24, 2.45) is 7.05 Å². The number of aromatic nitrogens is 3. The van der Waals surface area contributed by atoms with Crippen LogP contribution < -0.4 is 11.1 Å². The van der Waals surface area contributed by atoms with Crippen molar-refractivity contribution in [1.29, 1.82) is 0 Å². The summed E-state index contributed by atoms with van der Waals surface area (Å²) in [5.74, 6) is -0.182. The van der Waals surface area contributed by atoms with E-state index in [1.54, 1.807) is 18.1 Å². The lowest BCUT2D eigenvalue weighted by Crippen LogP contribution is -2.26. The maximum Gasteiger partial charge on any atom is 0.251 e. The maximum atomic E-state index is 13.0. The summed E-state index contributed by atoms with van der Waals surface area (Å²) in [4.78, 5) is 15.8. The van der Waals surface area contributed by atoms with Gasteiger partial charge in [-0.25, -0.2) is 9.37 Å². The van der Waals surface area contributed by atoms with Crippen LogP contribution in [0.1, 0.15) is 16.2 Å². The molecule has 100 valence electrons. The van der Waals surface area contributed by atoms with E-state index in [1.165, 1.54) is 18.2 Å². The molecule has 0 saturated carbocycles. The number of nitrogens with one attached hydrogen (secondary N) is 1. The number of carbonyl (C=O) groups is 1. The van der Waals surface area contributed by atoms with Crippen LogP contribution >= 0.6 is 0 Å². The number of nitrogens with zero attached hydrogens (tertiary/aromatic N) is 3. The highest BCUT2D eigenvalue weighted by atomic mass is 19.1. The zero-order valence-electron chi connectivity index (χ0n) is 10.4. The lowest BCUT2D eigenvalue weighted by molar-refractivity contribution is 0.0954. The number of nitrogens with two attached hydrogens (primary N) is 1. The topological polar surface area (TPSA) is 85.8 Å². The van der Waals surface area contributed by atoms with Crippen LogP contribution in [0.2, 0.25) is 0 Å². The number of anilines is 1. The molecular weight excluding hydrogens is 249 g/mol. The van der Waals surface area contributed by atoms with Crippen molar-refractivity contribution in [2.45, 2.75) is 6.42 Å². The minimum atomic E-state index is -0.533. The molecule has 1 aromatic carbocycles. The smallest absolute Gasteiger partial charge is 0.251 e. The van der Waals surface area contributed by atoms with E-state index in [-0.39, 0.29) is 11.6 Å². The number of hydrogen-bond acceptors (Lipinski definition) is 4. The molecule has 1 heterocycles. The first-order chi connectivity index (χ1) is 9.06. The summed E-state index contributed by atoms with van der Waals surface area (Å²) in [6, 6.07) is 3.87. The van der Waals surface area contributed by atoms with Gasteiger partial charge in [-0.3, -0.25) is 9.48 Å². The molecule has 7 heteroatoms. The largest absolute Gasteiger partial charge is 0.396 e. The van der Waals surface area contributed by atoms with Crippen molar-refractivity contribution in [3.05, 3.63) is 41.7 Å². The molecule has 0 spiro atoms. The minimum absolute atomic E-state index is 0.0426. The third-order valence-corrected chi connectivity index (χ3v) is 2.54. The van der Waals surface area contributed by atoms with Gasteiger partial charge >= 0.3 is 0 Å². The van der Waals surface area contributed by atoms with Crippen molar-refractivity contribution < 1.29 is 9.18 Å². The van der Waals surface area contributed by atoms with Gasteiger partial charge < -0.3 is 11.1 Å². The highest BCUT2D eigenvalue weighted by Crippen LogP contribution is 2.11. The van der Waals surface area contributed by atoms with Crippen LogP contribution in [-0.4, -0.2) is 27.2 Å². The zero-order valence-corrected chi connectivity index (χ0v) is 10.4. The first-order valence-corrected chi connectivity index (χ1v) is 5.74. The van der Waals surface area contributed by atoms with Crippen molar-refractivity contribution in [3.63, 3.8) is 0 Å². The summed E-state index contributed by atoms with van der Waals surface area (Å²) < 4.78 is 14.6. The van der Waals surface area contributed by atoms with Gasteiger partial charge in [-0.15, -0.1) is 0 Å². The lowest BCUT2D eigenvalue weighted by Gasteiger charge is -2.05. The molecule has 2 rings (SSSR count). The summed E-state index contributed by atoms with van der Waals surface area (Å²) in [6.07, 6.45) is 2.13. The molecule has 6 nitrogen and oxygen atoms in total. The van der Waals surface area contributed by atoms with Crippen molar-refractivity contribution >= 4 is 11.6 Å². The number of hydrogen-bond donors (Lipinski definition) is 2. The lowest BCUT2D eigenvalue weighted by atomic mass is 10.2. The van der Waals surface area contributed by atoms with Crippen LogP contribution in [0, 0.1) is 5.82 Å². The van der Waals surface area contributed by atoms with Crippen LogP contribution in [0.4, 0.5) is 10.1 Å². The van der Waals surface area contributed by atoms with E-state index in [0.717, 1.165) is 0 Å². The minimum Gasteiger partial charge on any atom is -0.396 e. The molecule has 2 aromatic rings. The van der Waals surface area contributed by atoms with Gasteiger partial charge in [0.05, 0.1) is 5.69 Å². The van der Waals surface area contributed by atoms with Crippen LogP contribution in [0.5, 0.6) is 0 Å².